The molecule has 0 aliphatic rings. The highest BCUT2D eigenvalue weighted by Crippen LogP contribution is 2.37. The van der Waals surface area contributed by atoms with Crippen molar-refractivity contribution < 1.29 is 4.74 Å². The van der Waals surface area contributed by atoms with Crippen molar-refractivity contribution in [2.24, 2.45) is 0 Å². The first kappa shape index (κ1) is 12.3. The molecule has 1 heterocycles. The van der Waals surface area contributed by atoms with Crippen LogP contribution in [-0.2, 0) is 0 Å². The Morgan fingerprint density at radius 3 is 2.65 bits per heavy atom. The number of anilines is 1. The summed E-state index contributed by atoms with van der Waals surface area (Å²) in [7, 11) is 1.69. The molecule has 0 aliphatic heterocycles. The fraction of sp³-hybridized carbons (Fsp3) is 0.250. The number of hydrogen-bond donors (Lipinski definition) is 1. The lowest BCUT2D eigenvalue weighted by atomic mass is 10.1. The highest BCUT2D eigenvalue weighted by atomic mass is 32.2. The lowest BCUT2D eigenvalue weighted by Gasteiger charge is -2.09. The Labute approximate surface area is 109 Å². The molecule has 0 bridgehead atoms. The Kier molecular flexibility index (Phi) is 3.59. The number of hydrogen-bond acceptors (Lipinski definition) is 5. The fourth-order valence-electron chi connectivity index (χ4n) is 1.52. The molecule has 0 amide bonds. The minimum Gasteiger partial charge on any atom is -0.496 e. The average molecular weight is 266 g/mol. The quantitative estimate of drug-likeness (QED) is 0.923. The van der Waals surface area contributed by atoms with Gasteiger partial charge in [-0.2, -0.15) is 0 Å². The van der Waals surface area contributed by atoms with Crippen molar-refractivity contribution in [3.63, 3.8) is 0 Å². The molecule has 5 heteroatoms. The third-order valence-corrected chi connectivity index (χ3v) is 4.49. The van der Waals surface area contributed by atoms with Crippen molar-refractivity contribution in [2.75, 3.05) is 12.8 Å². The van der Waals surface area contributed by atoms with Crippen LogP contribution in [0.15, 0.2) is 27.4 Å². The van der Waals surface area contributed by atoms with Crippen LogP contribution in [0.25, 0.3) is 0 Å². The number of methoxy groups -OCH3 is 1. The van der Waals surface area contributed by atoms with Gasteiger partial charge in [0.25, 0.3) is 0 Å². The van der Waals surface area contributed by atoms with Crippen LogP contribution < -0.4 is 10.5 Å². The zero-order valence-electron chi connectivity index (χ0n) is 9.98. The van der Waals surface area contributed by atoms with Crippen LogP contribution in [0, 0.1) is 13.8 Å². The predicted octanol–water partition coefficient (Wildman–Crippen LogP) is 3.50. The first-order chi connectivity index (χ1) is 8.10. The molecule has 0 saturated heterocycles. The van der Waals surface area contributed by atoms with Gasteiger partial charge in [0.15, 0.2) is 5.13 Å². The van der Waals surface area contributed by atoms with Gasteiger partial charge in [-0.1, -0.05) is 23.1 Å². The number of aryl methyl sites for hydroxylation is 2. The lowest BCUT2D eigenvalue weighted by Crippen LogP contribution is -1.89. The Morgan fingerprint density at radius 1 is 1.29 bits per heavy atom. The van der Waals surface area contributed by atoms with Gasteiger partial charge >= 0.3 is 0 Å². The van der Waals surface area contributed by atoms with Crippen LogP contribution in [0.4, 0.5) is 5.13 Å². The lowest BCUT2D eigenvalue weighted by molar-refractivity contribution is 0.411. The van der Waals surface area contributed by atoms with E-state index >= 15 is 0 Å². The SMILES string of the molecule is COc1cc(C)c(Sc2cnc(N)s2)cc1C. The van der Waals surface area contributed by atoms with Crippen molar-refractivity contribution >= 4 is 28.2 Å². The first-order valence-corrected chi connectivity index (χ1v) is 6.78. The molecule has 2 N–H and O–H groups in total. The molecule has 2 rings (SSSR count). The second kappa shape index (κ2) is 4.98. The third kappa shape index (κ3) is 2.73. The van der Waals surface area contributed by atoms with E-state index in [0.29, 0.717) is 5.13 Å². The maximum atomic E-state index is 5.62. The predicted molar refractivity (Wildman–Crippen MR) is 73.1 cm³/mol. The number of nitrogen functional groups attached to an aromatic ring is 1. The van der Waals surface area contributed by atoms with E-state index < -0.39 is 0 Å². The van der Waals surface area contributed by atoms with Crippen LogP contribution in [0.5, 0.6) is 5.75 Å². The monoisotopic (exact) mass is 266 g/mol. The van der Waals surface area contributed by atoms with Crippen LogP contribution in [-0.4, -0.2) is 12.1 Å². The third-order valence-electron chi connectivity index (χ3n) is 2.41. The van der Waals surface area contributed by atoms with E-state index in [-0.39, 0.29) is 0 Å². The molecule has 3 nitrogen and oxygen atoms in total. The molecular weight excluding hydrogens is 252 g/mol. The largest absolute Gasteiger partial charge is 0.496 e. The summed E-state index contributed by atoms with van der Waals surface area (Å²) in [6.45, 7) is 4.12. The standard InChI is InChI=1S/C12H14N2OS2/c1-7-5-10(8(2)4-9(7)15-3)16-11-6-14-12(13)17-11/h4-6H,1-3H3,(H2,13,14). The normalized spacial score (nSPS) is 10.5. The van der Waals surface area contributed by atoms with E-state index in [2.05, 4.69) is 24.0 Å². The van der Waals surface area contributed by atoms with Gasteiger partial charge < -0.3 is 10.5 Å². The van der Waals surface area contributed by atoms with Gasteiger partial charge in [-0.15, -0.1) is 0 Å². The van der Waals surface area contributed by atoms with Crippen molar-refractivity contribution in [3.05, 3.63) is 29.5 Å². The zero-order chi connectivity index (χ0) is 12.4. The molecule has 0 saturated carbocycles. The molecule has 17 heavy (non-hydrogen) atoms. The average Bonchev–Trinajstić information content (AvgIpc) is 2.69. The van der Waals surface area contributed by atoms with Crippen molar-refractivity contribution in [3.8, 4) is 5.75 Å². The van der Waals surface area contributed by atoms with Crippen molar-refractivity contribution in [1.82, 2.24) is 4.98 Å². The van der Waals surface area contributed by atoms with Gasteiger partial charge in [-0.05, 0) is 37.1 Å². The summed E-state index contributed by atoms with van der Waals surface area (Å²) in [6.07, 6.45) is 1.81. The zero-order valence-corrected chi connectivity index (χ0v) is 11.6. The minimum absolute atomic E-state index is 0.607. The summed E-state index contributed by atoms with van der Waals surface area (Å²) in [5, 5.41) is 0.607. The van der Waals surface area contributed by atoms with Crippen molar-refractivity contribution in [1.29, 1.82) is 0 Å². The van der Waals surface area contributed by atoms with Gasteiger partial charge in [0.05, 0.1) is 17.5 Å². The molecule has 0 unspecified atom stereocenters. The number of rotatable bonds is 3. The Bertz CT molecular complexity index is 537. The van der Waals surface area contributed by atoms with E-state index in [9.17, 15) is 0 Å². The topological polar surface area (TPSA) is 48.1 Å². The first-order valence-electron chi connectivity index (χ1n) is 5.14. The van der Waals surface area contributed by atoms with Crippen LogP contribution in [0.2, 0.25) is 0 Å². The minimum atomic E-state index is 0.607. The number of nitrogens with zero attached hydrogens (tertiary/aromatic N) is 1. The highest BCUT2D eigenvalue weighted by molar-refractivity contribution is 8.01. The number of nitrogens with two attached hydrogens (primary N) is 1. The van der Waals surface area contributed by atoms with Gasteiger partial charge in [0.1, 0.15) is 5.75 Å². The molecule has 1 aromatic heterocycles. The maximum absolute atomic E-state index is 5.62. The Hall–Kier alpha value is -1.20. The molecule has 2 aromatic rings. The van der Waals surface area contributed by atoms with Gasteiger partial charge in [0, 0.05) is 4.90 Å². The molecule has 0 spiro atoms. The molecule has 0 fully saturated rings. The van der Waals surface area contributed by atoms with E-state index in [1.54, 1.807) is 18.9 Å². The number of aromatic nitrogens is 1. The highest BCUT2D eigenvalue weighted by Gasteiger charge is 2.08. The van der Waals surface area contributed by atoms with Gasteiger partial charge in [-0.25, -0.2) is 4.98 Å². The fourth-order valence-corrected chi connectivity index (χ4v) is 3.41. The van der Waals surface area contributed by atoms with E-state index in [1.807, 2.05) is 13.1 Å². The Morgan fingerprint density at radius 2 is 2.06 bits per heavy atom. The molecule has 0 radical (unpaired) electrons. The summed E-state index contributed by atoms with van der Waals surface area (Å²) in [4.78, 5) is 5.26. The summed E-state index contributed by atoms with van der Waals surface area (Å²) in [5.41, 5.74) is 7.96. The number of benzene rings is 1. The number of thiazole rings is 1. The summed E-state index contributed by atoms with van der Waals surface area (Å²) in [5.74, 6) is 0.927. The van der Waals surface area contributed by atoms with Crippen molar-refractivity contribution in [2.45, 2.75) is 23.0 Å². The van der Waals surface area contributed by atoms with Crippen LogP contribution in [0.1, 0.15) is 11.1 Å². The van der Waals surface area contributed by atoms with Gasteiger partial charge in [0.2, 0.25) is 0 Å². The molecular formula is C12H14N2OS2. The number of ether oxygens (including phenoxy) is 1. The van der Waals surface area contributed by atoms with E-state index in [1.165, 1.54) is 21.8 Å². The van der Waals surface area contributed by atoms with E-state index in [0.717, 1.165) is 15.5 Å². The summed E-state index contributed by atoms with van der Waals surface area (Å²) >= 11 is 3.19. The summed E-state index contributed by atoms with van der Waals surface area (Å²) < 4.78 is 6.40. The maximum Gasteiger partial charge on any atom is 0.181 e. The molecule has 90 valence electrons. The van der Waals surface area contributed by atoms with Crippen LogP contribution in [0.3, 0.4) is 0 Å². The molecule has 0 aliphatic carbocycles. The van der Waals surface area contributed by atoms with E-state index in [4.69, 9.17) is 10.5 Å². The second-order valence-electron chi connectivity index (χ2n) is 3.71. The second-order valence-corrected chi connectivity index (χ2v) is 6.11. The molecule has 0 atom stereocenters. The Balaban J connectivity index is 2.30. The van der Waals surface area contributed by atoms with Gasteiger partial charge in [-0.3, -0.25) is 0 Å². The van der Waals surface area contributed by atoms with Crippen LogP contribution >= 0.6 is 23.1 Å². The summed E-state index contributed by atoms with van der Waals surface area (Å²) in [6, 6.07) is 4.19. The molecule has 1 aromatic carbocycles. The smallest absolute Gasteiger partial charge is 0.181 e.